The summed E-state index contributed by atoms with van der Waals surface area (Å²) in [6.07, 6.45) is 5.31. The molecule has 2 aliphatic rings. The van der Waals surface area contributed by atoms with Crippen molar-refractivity contribution in [3.63, 3.8) is 0 Å². The van der Waals surface area contributed by atoms with E-state index >= 15 is 0 Å². The fraction of sp³-hybridized carbons (Fsp3) is 1.00. The van der Waals surface area contributed by atoms with Gasteiger partial charge < -0.3 is 10.6 Å². The van der Waals surface area contributed by atoms with Crippen molar-refractivity contribution in [3.05, 3.63) is 0 Å². The molecule has 0 saturated heterocycles. The highest BCUT2D eigenvalue weighted by Crippen LogP contribution is 2.41. The Kier molecular flexibility index (Phi) is 4.62. The topological polar surface area (TPSA) is 29.3 Å². The molecule has 112 valence electrons. The van der Waals surface area contributed by atoms with Gasteiger partial charge in [-0.3, -0.25) is 0 Å². The summed E-state index contributed by atoms with van der Waals surface area (Å²) in [5.74, 6) is 3.48. The van der Waals surface area contributed by atoms with Crippen LogP contribution in [0.15, 0.2) is 0 Å². The van der Waals surface area contributed by atoms with E-state index < -0.39 is 0 Å². The van der Waals surface area contributed by atoms with Crippen LogP contribution < -0.4 is 5.73 Å². The van der Waals surface area contributed by atoms with Crippen LogP contribution >= 0.6 is 0 Å². The molecule has 0 aromatic carbocycles. The molecule has 5 unspecified atom stereocenters. The summed E-state index contributed by atoms with van der Waals surface area (Å²) in [7, 11) is 2.29. The fourth-order valence-electron chi connectivity index (χ4n) is 3.81. The van der Waals surface area contributed by atoms with Crippen molar-refractivity contribution >= 4 is 0 Å². The highest BCUT2D eigenvalue weighted by Gasteiger charge is 2.37. The van der Waals surface area contributed by atoms with Crippen molar-refractivity contribution in [3.8, 4) is 0 Å². The van der Waals surface area contributed by atoms with Crippen molar-refractivity contribution in [1.82, 2.24) is 4.90 Å². The molecule has 2 N–H and O–H groups in total. The van der Waals surface area contributed by atoms with E-state index in [0.717, 1.165) is 17.8 Å². The first-order valence-electron chi connectivity index (χ1n) is 8.21. The summed E-state index contributed by atoms with van der Waals surface area (Å²) in [6, 6.07) is 0.428. The van der Waals surface area contributed by atoms with Gasteiger partial charge in [-0.2, -0.15) is 0 Å². The molecule has 0 spiro atoms. The molecular formula is C17H34N2. The Morgan fingerprint density at radius 1 is 1.05 bits per heavy atom. The highest BCUT2D eigenvalue weighted by molar-refractivity contribution is 4.90. The second kappa shape index (κ2) is 5.73. The van der Waals surface area contributed by atoms with Crippen LogP contribution in [0, 0.1) is 29.1 Å². The third-order valence-corrected chi connectivity index (χ3v) is 5.63. The lowest BCUT2D eigenvalue weighted by atomic mass is 9.67. The predicted molar refractivity (Wildman–Crippen MR) is 83.0 cm³/mol. The summed E-state index contributed by atoms with van der Waals surface area (Å²) < 4.78 is 0. The van der Waals surface area contributed by atoms with Gasteiger partial charge in [0.1, 0.15) is 0 Å². The Bertz CT molecular complexity index is 294. The van der Waals surface area contributed by atoms with Crippen molar-refractivity contribution in [2.24, 2.45) is 34.8 Å². The van der Waals surface area contributed by atoms with Gasteiger partial charge in [0.15, 0.2) is 0 Å². The lowest BCUT2D eigenvalue weighted by molar-refractivity contribution is 0.104. The number of nitrogens with two attached hydrogens (primary N) is 1. The lowest BCUT2D eigenvalue weighted by Gasteiger charge is -2.42. The molecular weight excluding hydrogens is 232 g/mol. The molecule has 2 heteroatoms. The van der Waals surface area contributed by atoms with Gasteiger partial charge in [-0.05, 0) is 61.8 Å². The third-order valence-electron chi connectivity index (χ3n) is 5.63. The molecule has 0 aromatic heterocycles. The summed E-state index contributed by atoms with van der Waals surface area (Å²) >= 11 is 0. The highest BCUT2D eigenvalue weighted by atomic mass is 15.1. The minimum atomic E-state index is 0.428. The molecule has 2 aliphatic carbocycles. The Hall–Kier alpha value is -0.0800. The smallest absolute Gasteiger partial charge is 0.00795 e. The number of hydrogen-bond acceptors (Lipinski definition) is 2. The van der Waals surface area contributed by atoms with Crippen LogP contribution in [-0.4, -0.2) is 31.1 Å². The third kappa shape index (κ3) is 4.19. The van der Waals surface area contributed by atoms with Crippen LogP contribution in [-0.2, 0) is 0 Å². The van der Waals surface area contributed by atoms with E-state index in [-0.39, 0.29) is 0 Å². The van der Waals surface area contributed by atoms with Crippen molar-refractivity contribution in [1.29, 1.82) is 0 Å². The van der Waals surface area contributed by atoms with Crippen LogP contribution in [0.5, 0.6) is 0 Å². The van der Waals surface area contributed by atoms with E-state index in [0.29, 0.717) is 17.4 Å². The van der Waals surface area contributed by atoms with Crippen molar-refractivity contribution in [2.75, 3.05) is 20.1 Å². The summed E-state index contributed by atoms with van der Waals surface area (Å²) in [4.78, 5) is 2.55. The predicted octanol–water partition coefficient (Wildman–Crippen LogP) is 3.36. The Morgan fingerprint density at radius 3 is 2.16 bits per heavy atom. The van der Waals surface area contributed by atoms with E-state index in [1.54, 1.807) is 0 Å². The van der Waals surface area contributed by atoms with Gasteiger partial charge in [-0.15, -0.1) is 0 Å². The maximum Gasteiger partial charge on any atom is 0.00795 e. The molecule has 0 aliphatic heterocycles. The summed E-state index contributed by atoms with van der Waals surface area (Å²) in [6.45, 7) is 12.0. The minimum Gasteiger partial charge on any atom is -0.327 e. The molecule has 0 heterocycles. The number of rotatable bonds is 4. The summed E-state index contributed by atoms with van der Waals surface area (Å²) in [5.41, 5.74) is 6.83. The maximum atomic E-state index is 6.38. The minimum absolute atomic E-state index is 0.428. The van der Waals surface area contributed by atoms with Gasteiger partial charge in [0, 0.05) is 19.1 Å². The average molecular weight is 266 g/mol. The molecule has 0 aromatic rings. The van der Waals surface area contributed by atoms with E-state index in [4.69, 9.17) is 5.73 Å². The quantitative estimate of drug-likeness (QED) is 0.845. The zero-order valence-electron chi connectivity index (χ0n) is 13.7. The van der Waals surface area contributed by atoms with Crippen LogP contribution in [0.2, 0.25) is 0 Å². The molecule has 2 rings (SSSR count). The van der Waals surface area contributed by atoms with E-state index in [1.165, 1.54) is 38.8 Å². The maximum absolute atomic E-state index is 6.38. The van der Waals surface area contributed by atoms with Gasteiger partial charge in [0.25, 0.3) is 0 Å². The van der Waals surface area contributed by atoms with Crippen LogP contribution in [0.3, 0.4) is 0 Å². The monoisotopic (exact) mass is 266 g/mol. The molecule has 5 atom stereocenters. The van der Waals surface area contributed by atoms with E-state index in [1.807, 2.05) is 0 Å². The average Bonchev–Trinajstić information content (AvgIpc) is 2.95. The number of nitrogens with zero attached hydrogens (tertiary/aromatic N) is 1. The molecule has 0 amide bonds. The van der Waals surface area contributed by atoms with Crippen molar-refractivity contribution < 1.29 is 0 Å². The van der Waals surface area contributed by atoms with Gasteiger partial charge in [0.2, 0.25) is 0 Å². The second-order valence-corrected chi connectivity index (χ2v) is 8.49. The van der Waals surface area contributed by atoms with Crippen molar-refractivity contribution in [2.45, 2.75) is 59.4 Å². The molecule has 19 heavy (non-hydrogen) atoms. The van der Waals surface area contributed by atoms with Gasteiger partial charge in [-0.25, -0.2) is 0 Å². The second-order valence-electron chi connectivity index (χ2n) is 8.49. The lowest BCUT2D eigenvalue weighted by Crippen LogP contribution is -2.44. The van der Waals surface area contributed by atoms with E-state index in [9.17, 15) is 0 Å². The first-order chi connectivity index (χ1) is 8.77. The van der Waals surface area contributed by atoms with Gasteiger partial charge >= 0.3 is 0 Å². The van der Waals surface area contributed by atoms with Crippen LogP contribution in [0.25, 0.3) is 0 Å². The fourth-order valence-corrected chi connectivity index (χ4v) is 3.81. The van der Waals surface area contributed by atoms with Gasteiger partial charge in [-0.1, -0.05) is 27.7 Å². The molecule has 0 bridgehead atoms. The first-order valence-corrected chi connectivity index (χ1v) is 8.21. The Labute approximate surface area is 120 Å². The van der Waals surface area contributed by atoms with E-state index in [2.05, 4.69) is 39.6 Å². The molecule has 2 nitrogen and oxygen atoms in total. The van der Waals surface area contributed by atoms with Crippen LogP contribution in [0.1, 0.15) is 53.4 Å². The molecule has 2 fully saturated rings. The van der Waals surface area contributed by atoms with Crippen LogP contribution in [0.4, 0.5) is 0 Å². The number of hydrogen-bond donors (Lipinski definition) is 1. The zero-order valence-corrected chi connectivity index (χ0v) is 13.7. The Morgan fingerprint density at radius 2 is 1.63 bits per heavy atom. The largest absolute Gasteiger partial charge is 0.327 e. The SMILES string of the molecule is CC1CC1CN(C)CC1CC(C(C)(C)C)CCC1N. The standard InChI is InChI=1S/C17H34N2/c1-12-8-13(12)10-19(5)11-14-9-15(17(2,3)4)6-7-16(14)18/h12-16H,6-11,18H2,1-5H3. The molecule has 0 radical (unpaired) electrons. The summed E-state index contributed by atoms with van der Waals surface area (Å²) in [5, 5.41) is 0. The molecule has 2 saturated carbocycles. The Balaban J connectivity index is 1.83. The zero-order chi connectivity index (χ0) is 14.2. The first kappa shape index (κ1) is 15.3. The normalized spacial score (nSPS) is 39.6. The van der Waals surface area contributed by atoms with Gasteiger partial charge in [0.05, 0.1) is 0 Å².